The smallest absolute Gasteiger partial charge is 0.168 e. The fourth-order valence-electron chi connectivity index (χ4n) is 2.94. The Morgan fingerprint density at radius 1 is 0.857 bits per heavy atom. The summed E-state index contributed by atoms with van der Waals surface area (Å²) in [6, 6.07) is 10.7. The summed E-state index contributed by atoms with van der Waals surface area (Å²) < 4.78 is 5.67. The maximum absolute atomic E-state index is 5.67. The van der Waals surface area contributed by atoms with Crippen molar-refractivity contribution in [1.82, 2.24) is 5.16 Å². The number of benzene rings is 2. The summed E-state index contributed by atoms with van der Waals surface area (Å²) in [5.41, 5.74) is 3.28. The van der Waals surface area contributed by atoms with E-state index in [2.05, 4.69) is 77.0 Å². The molecule has 3 aromatic rings. The first-order valence-electron chi connectivity index (χ1n) is 7.52. The third-order valence-corrected chi connectivity index (χ3v) is 4.00. The van der Waals surface area contributed by atoms with Gasteiger partial charge >= 0.3 is 0 Å². The van der Waals surface area contributed by atoms with Gasteiger partial charge in [0.25, 0.3) is 0 Å². The van der Waals surface area contributed by atoms with E-state index < -0.39 is 0 Å². The van der Waals surface area contributed by atoms with E-state index in [0.29, 0.717) is 0 Å². The number of rotatable bonds is 0. The van der Waals surface area contributed by atoms with Crippen molar-refractivity contribution in [1.29, 1.82) is 0 Å². The van der Waals surface area contributed by atoms with E-state index in [1.165, 1.54) is 16.3 Å². The lowest BCUT2D eigenvalue weighted by Crippen LogP contribution is -2.13. The molecule has 2 heteroatoms. The maximum Gasteiger partial charge on any atom is 0.168 e. The minimum absolute atomic E-state index is 0.0305. The van der Waals surface area contributed by atoms with Crippen molar-refractivity contribution in [3.63, 3.8) is 0 Å². The van der Waals surface area contributed by atoms with Crippen molar-refractivity contribution >= 4 is 21.7 Å². The molecule has 0 saturated carbocycles. The summed E-state index contributed by atoms with van der Waals surface area (Å²) in [5, 5.41) is 8.06. The molecule has 0 radical (unpaired) electrons. The lowest BCUT2D eigenvalue weighted by molar-refractivity contribution is 0.419. The first-order valence-corrected chi connectivity index (χ1v) is 7.52. The topological polar surface area (TPSA) is 26.0 Å². The zero-order valence-corrected chi connectivity index (χ0v) is 13.7. The standard InChI is InChI=1S/C19H23NO/c1-18(2,3)14-11-15-16(13-10-8-7-9-12(13)14)17(20-21-15)19(4,5)6/h7-11H,1-6H3. The van der Waals surface area contributed by atoms with Crippen LogP contribution in [0.3, 0.4) is 0 Å². The summed E-state index contributed by atoms with van der Waals surface area (Å²) in [5.74, 6) is 0. The summed E-state index contributed by atoms with van der Waals surface area (Å²) in [6.07, 6.45) is 0. The zero-order valence-electron chi connectivity index (χ0n) is 13.7. The number of hydrogen-bond donors (Lipinski definition) is 0. The van der Waals surface area contributed by atoms with Gasteiger partial charge in [0, 0.05) is 5.41 Å². The normalized spacial score (nSPS) is 13.2. The van der Waals surface area contributed by atoms with Crippen LogP contribution in [0.1, 0.15) is 52.8 Å². The lowest BCUT2D eigenvalue weighted by atomic mass is 9.81. The Balaban J connectivity index is 2.51. The van der Waals surface area contributed by atoms with E-state index in [0.717, 1.165) is 16.7 Å². The van der Waals surface area contributed by atoms with Crippen molar-refractivity contribution in [2.45, 2.75) is 52.4 Å². The molecule has 1 aromatic heterocycles. The second-order valence-electron chi connectivity index (χ2n) is 7.87. The molecule has 2 aromatic carbocycles. The van der Waals surface area contributed by atoms with Crippen LogP contribution in [0.15, 0.2) is 34.9 Å². The van der Waals surface area contributed by atoms with E-state index in [-0.39, 0.29) is 10.8 Å². The van der Waals surface area contributed by atoms with Crippen LogP contribution in [0.2, 0.25) is 0 Å². The van der Waals surface area contributed by atoms with Crippen molar-refractivity contribution in [2.75, 3.05) is 0 Å². The average molecular weight is 281 g/mol. The van der Waals surface area contributed by atoms with E-state index in [1.54, 1.807) is 0 Å². The highest BCUT2D eigenvalue weighted by Crippen LogP contribution is 2.39. The second kappa shape index (κ2) is 4.33. The molecule has 0 bridgehead atoms. The van der Waals surface area contributed by atoms with Crippen LogP contribution >= 0.6 is 0 Å². The minimum Gasteiger partial charge on any atom is -0.356 e. The molecule has 0 atom stereocenters. The van der Waals surface area contributed by atoms with Crippen LogP contribution < -0.4 is 0 Å². The van der Waals surface area contributed by atoms with Crippen LogP contribution in [-0.2, 0) is 10.8 Å². The van der Waals surface area contributed by atoms with Crippen LogP contribution in [0, 0.1) is 0 Å². The van der Waals surface area contributed by atoms with Gasteiger partial charge in [-0.2, -0.15) is 0 Å². The Bertz CT molecular complexity index is 813. The largest absolute Gasteiger partial charge is 0.356 e. The quantitative estimate of drug-likeness (QED) is 0.538. The molecule has 21 heavy (non-hydrogen) atoms. The fourth-order valence-corrected chi connectivity index (χ4v) is 2.94. The Morgan fingerprint density at radius 3 is 2.05 bits per heavy atom. The molecule has 0 saturated heterocycles. The van der Waals surface area contributed by atoms with Crippen LogP contribution in [0.25, 0.3) is 21.7 Å². The summed E-state index contributed by atoms with van der Waals surface area (Å²) in [4.78, 5) is 0. The van der Waals surface area contributed by atoms with Gasteiger partial charge in [0.1, 0.15) is 0 Å². The minimum atomic E-state index is -0.0305. The van der Waals surface area contributed by atoms with Gasteiger partial charge in [0.15, 0.2) is 5.58 Å². The van der Waals surface area contributed by atoms with Crippen molar-refractivity contribution in [3.05, 3.63) is 41.6 Å². The predicted octanol–water partition coefficient (Wildman–Crippen LogP) is 5.58. The van der Waals surface area contributed by atoms with Crippen LogP contribution in [0.4, 0.5) is 0 Å². The molecule has 0 fully saturated rings. The van der Waals surface area contributed by atoms with Crippen LogP contribution in [0.5, 0.6) is 0 Å². The summed E-state index contributed by atoms with van der Waals surface area (Å²) in [7, 11) is 0. The zero-order chi connectivity index (χ0) is 15.4. The molecular weight excluding hydrogens is 258 g/mol. The Morgan fingerprint density at radius 2 is 1.48 bits per heavy atom. The van der Waals surface area contributed by atoms with Crippen molar-refractivity contribution in [3.8, 4) is 0 Å². The third-order valence-electron chi connectivity index (χ3n) is 4.00. The lowest BCUT2D eigenvalue weighted by Gasteiger charge is -2.22. The Labute approximate surface area is 126 Å². The molecule has 0 amide bonds. The highest BCUT2D eigenvalue weighted by molar-refractivity contribution is 6.09. The molecule has 0 aliphatic heterocycles. The van der Waals surface area contributed by atoms with E-state index in [9.17, 15) is 0 Å². The van der Waals surface area contributed by atoms with E-state index >= 15 is 0 Å². The molecule has 0 aliphatic carbocycles. The molecule has 1 heterocycles. The fraction of sp³-hybridized carbons (Fsp3) is 0.421. The summed E-state index contributed by atoms with van der Waals surface area (Å²) in [6.45, 7) is 13.2. The molecule has 3 rings (SSSR count). The molecule has 0 aliphatic rings. The number of hydrogen-bond acceptors (Lipinski definition) is 2. The first kappa shape index (κ1) is 14.1. The second-order valence-corrected chi connectivity index (χ2v) is 7.87. The SMILES string of the molecule is CC(C)(C)c1cc2onc(C(C)(C)C)c2c2ccccc12. The first-order chi connectivity index (χ1) is 9.69. The molecule has 110 valence electrons. The Kier molecular flexibility index (Phi) is 2.91. The van der Waals surface area contributed by atoms with Gasteiger partial charge in [-0.1, -0.05) is 71.0 Å². The van der Waals surface area contributed by atoms with E-state index in [1.807, 2.05) is 0 Å². The van der Waals surface area contributed by atoms with Gasteiger partial charge in [-0.3, -0.25) is 0 Å². The predicted molar refractivity (Wildman–Crippen MR) is 88.9 cm³/mol. The molecule has 0 unspecified atom stereocenters. The Hall–Kier alpha value is -1.83. The average Bonchev–Trinajstić information content (AvgIpc) is 2.80. The highest BCUT2D eigenvalue weighted by atomic mass is 16.5. The van der Waals surface area contributed by atoms with Gasteiger partial charge < -0.3 is 4.52 Å². The molecule has 0 N–H and O–H groups in total. The number of fused-ring (bicyclic) bond motifs is 3. The third kappa shape index (κ3) is 2.23. The molecular formula is C19H23NO. The van der Waals surface area contributed by atoms with Crippen molar-refractivity contribution < 1.29 is 4.52 Å². The van der Waals surface area contributed by atoms with Gasteiger partial charge in [-0.25, -0.2) is 0 Å². The number of nitrogens with zero attached hydrogens (tertiary/aromatic N) is 1. The van der Waals surface area contributed by atoms with Gasteiger partial charge in [-0.05, 0) is 27.8 Å². The van der Waals surface area contributed by atoms with Gasteiger partial charge in [0.2, 0.25) is 0 Å². The van der Waals surface area contributed by atoms with Crippen LogP contribution in [-0.4, -0.2) is 5.16 Å². The molecule has 2 nitrogen and oxygen atoms in total. The van der Waals surface area contributed by atoms with E-state index in [4.69, 9.17) is 4.52 Å². The monoisotopic (exact) mass is 281 g/mol. The molecule has 0 spiro atoms. The van der Waals surface area contributed by atoms with Gasteiger partial charge in [0.05, 0.1) is 11.1 Å². The maximum atomic E-state index is 5.67. The number of aromatic nitrogens is 1. The summed E-state index contributed by atoms with van der Waals surface area (Å²) >= 11 is 0. The highest BCUT2D eigenvalue weighted by Gasteiger charge is 2.26. The van der Waals surface area contributed by atoms with Gasteiger partial charge in [-0.15, -0.1) is 0 Å². The van der Waals surface area contributed by atoms with Crippen molar-refractivity contribution in [2.24, 2.45) is 0 Å².